The summed E-state index contributed by atoms with van der Waals surface area (Å²) in [4.78, 5) is 0. The summed E-state index contributed by atoms with van der Waals surface area (Å²) in [6, 6.07) is 13.6. The molecule has 0 heterocycles. The van der Waals surface area contributed by atoms with E-state index in [2.05, 4.69) is 53.0 Å². The second-order valence-corrected chi connectivity index (χ2v) is 5.11. The van der Waals surface area contributed by atoms with E-state index >= 15 is 0 Å². The lowest BCUT2D eigenvalue weighted by Crippen LogP contribution is -2.00. The van der Waals surface area contributed by atoms with E-state index in [1.54, 1.807) is 6.07 Å². The lowest BCUT2D eigenvalue weighted by atomic mass is 10.2. The molecule has 0 saturated heterocycles. The Bertz CT molecular complexity index is 525. The van der Waals surface area contributed by atoms with E-state index in [1.165, 1.54) is 9.13 Å². The Morgan fingerprint density at radius 1 is 1.18 bits per heavy atom. The number of para-hydroxylation sites is 1. The van der Waals surface area contributed by atoms with Crippen LogP contribution in [-0.4, -0.2) is 5.11 Å². The summed E-state index contributed by atoms with van der Waals surface area (Å²) in [7, 11) is 0. The first-order chi connectivity index (χ1) is 8.16. The van der Waals surface area contributed by atoms with Crippen LogP contribution < -0.4 is 5.32 Å². The molecule has 0 aliphatic rings. The monoisotopic (exact) mass is 339 g/mol. The average Bonchev–Trinajstić information content (AvgIpc) is 2.32. The van der Waals surface area contributed by atoms with Crippen LogP contribution >= 0.6 is 22.6 Å². The minimum absolute atomic E-state index is 0.335. The molecule has 0 fully saturated rings. The summed E-state index contributed by atoms with van der Waals surface area (Å²) in [6.45, 7) is 2.72. The Labute approximate surface area is 115 Å². The van der Waals surface area contributed by atoms with Gasteiger partial charge in [-0.25, -0.2) is 0 Å². The van der Waals surface area contributed by atoms with E-state index in [4.69, 9.17) is 0 Å². The number of hydrogen-bond acceptors (Lipinski definition) is 2. The van der Waals surface area contributed by atoms with Crippen molar-refractivity contribution in [2.24, 2.45) is 0 Å². The SMILES string of the molecule is Cc1ccc(NCc2ccccc2O)cc1I. The maximum Gasteiger partial charge on any atom is 0.120 e. The fourth-order valence-electron chi connectivity index (χ4n) is 1.56. The molecule has 2 aromatic rings. The third-order valence-corrected chi connectivity index (χ3v) is 3.81. The third kappa shape index (κ3) is 3.12. The van der Waals surface area contributed by atoms with Crippen LogP contribution in [-0.2, 0) is 6.54 Å². The molecule has 0 bridgehead atoms. The first-order valence-corrected chi connectivity index (χ1v) is 6.51. The molecule has 0 spiro atoms. The van der Waals surface area contributed by atoms with Crippen molar-refractivity contribution < 1.29 is 5.11 Å². The van der Waals surface area contributed by atoms with Gasteiger partial charge < -0.3 is 10.4 Å². The van der Waals surface area contributed by atoms with E-state index < -0.39 is 0 Å². The van der Waals surface area contributed by atoms with Crippen LogP contribution in [0.4, 0.5) is 5.69 Å². The highest BCUT2D eigenvalue weighted by Gasteiger charge is 2.00. The van der Waals surface area contributed by atoms with E-state index in [0.717, 1.165) is 11.3 Å². The second kappa shape index (κ2) is 5.40. The molecule has 0 atom stereocenters. The quantitative estimate of drug-likeness (QED) is 0.831. The smallest absolute Gasteiger partial charge is 0.120 e. The van der Waals surface area contributed by atoms with Crippen LogP contribution in [0.5, 0.6) is 5.75 Å². The second-order valence-electron chi connectivity index (χ2n) is 3.95. The fourth-order valence-corrected chi connectivity index (χ4v) is 2.08. The standard InChI is InChI=1S/C14H14INO/c1-10-6-7-12(8-13(10)15)16-9-11-4-2-3-5-14(11)17/h2-8,16-17H,9H2,1H3. The van der Waals surface area contributed by atoms with Crippen LogP contribution in [0, 0.1) is 10.5 Å². The number of hydrogen-bond donors (Lipinski definition) is 2. The van der Waals surface area contributed by atoms with E-state index in [9.17, 15) is 5.11 Å². The first-order valence-electron chi connectivity index (χ1n) is 5.44. The molecule has 2 rings (SSSR count). The van der Waals surface area contributed by atoms with Gasteiger partial charge in [-0.05, 0) is 53.3 Å². The van der Waals surface area contributed by atoms with Gasteiger partial charge in [-0.3, -0.25) is 0 Å². The summed E-state index contributed by atoms with van der Waals surface area (Å²) in [5.74, 6) is 0.335. The molecule has 0 aromatic heterocycles. The molecule has 0 amide bonds. The highest BCUT2D eigenvalue weighted by molar-refractivity contribution is 14.1. The Hall–Kier alpha value is -1.23. The summed E-state index contributed by atoms with van der Waals surface area (Å²) in [6.07, 6.45) is 0. The summed E-state index contributed by atoms with van der Waals surface area (Å²) in [5, 5.41) is 13.0. The van der Waals surface area contributed by atoms with Gasteiger partial charge in [-0.1, -0.05) is 24.3 Å². The number of halogens is 1. The molecule has 88 valence electrons. The highest BCUT2D eigenvalue weighted by Crippen LogP contribution is 2.20. The third-order valence-electron chi connectivity index (χ3n) is 2.65. The van der Waals surface area contributed by atoms with Gasteiger partial charge >= 0.3 is 0 Å². The van der Waals surface area contributed by atoms with Crippen molar-refractivity contribution in [1.82, 2.24) is 0 Å². The molecular formula is C14H14INO. The number of rotatable bonds is 3. The molecule has 2 nitrogen and oxygen atoms in total. The largest absolute Gasteiger partial charge is 0.508 e. The zero-order chi connectivity index (χ0) is 12.3. The number of benzene rings is 2. The van der Waals surface area contributed by atoms with Gasteiger partial charge in [-0.15, -0.1) is 0 Å². The average molecular weight is 339 g/mol. The Morgan fingerprint density at radius 2 is 1.94 bits per heavy atom. The summed E-state index contributed by atoms with van der Waals surface area (Å²) in [5.41, 5.74) is 3.25. The molecule has 3 heteroatoms. The van der Waals surface area contributed by atoms with Crippen molar-refractivity contribution in [3.63, 3.8) is 0 Å². The van der Waals surface area contributed by atoms with Crippen molar-refractivity contribution in [2.75, 3.05) is 5.32 Å². The maximum atomic E-state index is 9.65. The molecule has 0 saturated carbocycles. The van der Waals surface area contributed by atoms with E-state index in [-0.39, 0.29) is 0 Å². The molecule has 0 radical (unpaired) electrons. The summed E-state index contributed by atoms with van der Waals surface area (Å²) >= 11 is 2.32. The number of aromatic hydroxyl groups is 1. The fraction of sp³-hybridized carbons (Fsp3) is 0.143. The van der Waals surface area contributed by atoms with Crippen LogP contribution in [0.25, 0.3) is 0 Å². The van der Waals surface area contributed by atoms with Crippen LogP contribution in [0.1, 0.15) is 11.1 Å². The number of phenolic OH excluding ortho intramolecular Hbond substituents is 1. The Morgan fingerprint density at radius 3 is 2.65 bits per heavy atom. The van der Waals surface area contributed by atoms with Gasteiger partial charge in [0, 0.05) is 21.4 Å². The van der Waals surface area contributed by atoms with Crippen LogP contribution in [0.3, 0.4) is 0 Å². The zero-order valence-corrected chi connectivity index (χ0v) is 11.7. The van der Waals surface area contributed by atoms with E-state index in [0.29, 0.717) is 12.3 Å². The van der Waals surface area contributed by atoms with Crippen molar-refractivity contribution in [2.45, 2.75) is 13.5 Å². The topological polar surface area (TPSA) is 32.3 Å². The molecular weight excluding hydrogens is 325 g/mol. The minimum Gasteiger partial charge on any atom is -0.508 e. The molecule has 0 aliphatic heterocycles. The molecule has 17 heavy (non-hydrogen) atoms. The first kappa shape index (κ1) is 12.2. The zero-order valence-electron chi connectivity index (χ0n) is 9.57. The van der Waals surface area contributed by atoms with Crippen molar-refractivity contribution in [1.29, 1.82) is 0 Å². The number of aryl methyl sites for hydroxylation is 1. The van der Waals surface area contributed by atoms with Gasteiger partial charge in [0.25, 0.3) is 0 Å². The predicted molar refractivity (Wildman–Crippen MR) is 79.3 cm³/mol. The molecule has 0 aliphatic carbocycles. The van der Waals surface area contributed by atoms with Gasteiger partial charge in [0.2, 0.25) is 0 Å². The number of nitrogens with one attached hydrogen (secondary N) is 1. The van der Waals surface area contributed by atoms with Crippen molar-refractivity contribution >= 4 is 28.3 Å². The molecule has 0 unspecified atom stereocenters. The summed E-state index contributed by atoms with van der Waals surface area (Å²) < 4.78 is 1.24. The number of anilines is 1. The Balaban J connectivity index is 2.08. The molecule has 2 N–H and O–H groups in total. The van der Waals surface area contributed by atoms with Crippen LogP contribution in [0.2, 0.25) is 0 Å². The maximum absolute atomic E-state index is 9.65. The van der Waals surface area contributed by atoms with Gasteiger partial charge in [0.05, 0.1) is 0 Å². The van der Waals surface area contributed by atoms with Crippen molar-refractivity contribution in [3.8, 4) is 5.75 Å². The normalized spacial score (nSPS) is 10.2. The van der Waals surface area contributed by atoms with Gasteiger partial charge in [0.15, 0.2) is 0 Å². The highest BCUT2D eigenvalue weighted by atomic mass is 127. The lowest BCUT2D eigenvalue weighted by molar-refractivity contribution is 0.469. The van der Waals surface area contributed by atoms with Gasteiger partial charge in [-0.2, -0.15) is 0 Å². The predicted octanol–water partition coefficient (Wildman–Crippen LogP) is 3.92. The molecule has 2 aromatic carbocycles. The minimum atomic E-state index is 0.335. The van der Waals surface area contributed by atoms with Crippen LogP contribution in [0.15, 0.2) is 42.5 Å². The van der Waals surface area contributed by atoms with Crippen molar-refractivity contribution in [3.05, 3.63) is 57.2 Å². The lowest BCUT2D eigenvalue weighted by Gasteiger charge is -2.09. The Kier molecular flexibility index (Phi) is 3.89. The van der Waals surface area contributed by atoms with Gasteiger partial charge in [0.1, 0.15) is 5.75 Å². The number of phenols is 1. The van der Waals surface area contributed by atoms with E-state index in [1.807, 2.05) is 18.2 Å².